The average Bonchev–Trinajstić information content (AvgIpc) is 3.32. The van der Waals surface area contributed by atoms with Gasteiger partial charge >= 0.3 is 5.97 Å². The molecule has 1 fully saturated rings. The van der Waals surface area contributed by atoms with Gasteiger partial charge in [0.05, 0.1) is 16.7 Å². The number of rotatable bonds is 6. The van der Waals surface area contributed by atoms with E-state index in [-0.39, 0.29) is 5.60 Å². The Bertz CT molecular complexity index is 768. The van der Waals surface area contributed by atoms with Gasteiger partial charge in [0, 0.05) is 18.2 Å². The molecule has 6 heteroatoms. The van der Waals surface area contributed by atoms with Gasteiger partial charge in [-0.05, 0) is 37.5 Å². The van der Waals surface area contributed by atoms with Crippen LogP contribution < -0.4 is 5.32 Å². The number of benzene rings is 1. The van der Waals surface area contributed by atoms with E-state index in [0.717, 1.165) is 18.4 Å². The summed E-state index contributed by atoms with van der Waals surface area (Å²) in [5.41, 5.74) is 1.99. The largest absolute Gasteiger partial charge is 0.480 e. The maximum Gasteiger partial charge on any atom is 0.322 e. The van der Waals surface area contributed by atoms with Gasteiger partial charge < -0.3 is 15.2 Å². The maximum atomic E-state index is 12.1. The van der Waals surface area contributed by atoms with Crippen molar-refractivity contribution >= 4 is 22.8 Å². The monoisotopic (exact) mass is 314 g/mol. The van der Waals surface area contributed by atoms with Gasteiger partial charge in [-0.3, -0.25) is 14.6 Å². The second-order valence-corrected chi connectivity index (χ2v) is 5.59. The van der Waals surface area contributed by atoms with E-state index >= 15 is 0 Å². The molecule has 6 nitrogen and oxygen atoms in total. The molecule has 0 radical (unpaired) electrons. The molecule has 1 aliphatic carbocycles. The third-order valence-corrected chi connectivity index (χ3v) is 4.04. The number of pyridine rings is 1. The van der Waals surface area contributed by atoms with Crippen molar-refractivity contribution in [3.05, 3.63) is 41.6 Å². The predicted molar refractivity (Wildman–Crippen MR) is 84.3 cm³/mol. The van der Waals surface area contributed by atoms with E-state index in [1.165, 1.54) is 0 Å². The Morgan fingerprint density at radius 2 is 2.13 bits per heavy atom. The van der Waals surface area contributed by atoms with E-state index in [9.17, 15) is 9.59 Å². The summed E-state index contributed by atoms with van der Waals surface area (Å²) in [6, 6.07) is 7.35. The van der Waals surface area contributed by atoms with Gasteiger partial charge in [-0.1, -0.05) is 12.1 Å². The molecule has 1 heterocycles. The standard InChI is InChI=1S/C17H18N2O4/c1-2-23-17(6-7-17)11-3-4-12-13(5-8-18-14(12)9-11)16(22)19-10-15(20)21/h3-5,8-9H,2,6-7,10H2,1H3,(H,19,22)(H,20,21). The molecule has 0 atom stereocenters. The molecule has 0 unspecified atom stereocenters. The first kappa shape index (κ1) is 15.4. The molecule has 1 aliphatic rings. The van der Waals surface area contributed by atoms with Crippen LogP contribution in [0.4, 0.5) is 0 Å². The molecular weight excluding hydrogens is 296 g/mol. The highest BCUT2D eigenvalue weighted by atomic mass is 16.5. The third kappa shape index (κ3) is 3.03. The van der Waals surface area contributed by atoms with Crippen LogP contribution in [0.25, 0.3) is 10.9 Å². The lowest BCUT2D eigenvalue weighted by molar-refractivity contribution is -0.135. The third-order valence-electron chi connectivity index (χ3n) is 4.04. The van der Waals surface area contributed by atoms with Crippen LogP contribution in [0, 0.1) is 0 Å². The van der Waals surface area contributed by atoms with Crippen molar-refractivity contribution in [1.82, 2.24) is 10.3 Å². The van der Waals surface area contributed by atoms with E-state index in [0.29, 0.717) is 23.1 Å². The molecule has 3 rings (SSSR count). The number of carbonyl (C=O) groups excluding carboxylic acids is 1. The van der Waals surface area contributed by atoms with Crippen LogP contribution in [0.15, 0.2) is 30.5 Å². The summed E-state index contributed by atoms with van der Waals surface area (Å²) in [5, 5.41) is 11.7. The normalized spacial score (nSPS) is 15.3. The van der Waals surface area contributed by atoms with Crippen molar-refractivity contribution in [2.45, 2.75) is 25.4 Å². The lowest BCUT2D eigenvalue weighted by Crippen LogP contribution is -2.29. The topological polar surface area (TPSA) is 88.5 Å². The number of carboxylic acids is 1. The summed E-state index contributed by atoms with van der Waals surface area (Å²) < 4.78 is 5.85. The Hall–Kier alpha value is -2.47. The molecule has 0 bridgehead atoms. The number of nitrogens with one attached hydrogen (secondary N) is 1. The number of amides is 1. The summed E-state index contributed by atoms with van der Waals surface area (Å²) >= 11 is 0. The molecule has 0 spiro atoms. The zero-order valence-electron chi connectivity index (χ0n) is 12.8. The minimum Gasteiger partial charge on any atom is -0.480 e. The van der Waals surface area contributed by atoms with Crippen LogP contribution in [-0.2, 0) is 15.1 Å². The van der Waals surface area contributed by atoms with Gasteiger partial charge in [-0.15, -0.1) is 0 Å². The molecule has 23 heavy (non-hydrogen) atoms. The van der Waals surface area contributed by atoms with Crippen LogP contribution in [-0.4, -0.2) is 35.1 Å². The Kier molecular flexibility index (Phi) is 4.00. The first-order valence-electron chi connectivity index (χ1n) is 7.59. The smallest absolute Gasteiger partial charge is 0.322 e. The molecule has 2 N–H and O–H groups in total. The molecule has 120 valence electrons. The van der Waals surface area contributed by atoms with Crippen molar-refractivity contribution in [2.24, 2.45) is 0 Å². The predicted octanol–water partition coefficient (Wildman–Crippen LogP) is 2.07. The maximum absolute atomic E-state index is 12.1. The lowest BCUT2D eigenvalue weighted by Gasteiger charge is -2.16. The number of carbonyl (C=O) groups is 2. The van der Waals surface area contributed by atoms with E-state index in [1.807, 2.05) is 25.1 Å². The molecule has 1 amide bonds. The molecule has 1 aromatic carbocycles. The number of nitrogens with zero attached hydrogens (tertiary/aromatic N) is 1. The Morgan fingerprint density at radius 1 is 1.35 bits per heavy atom. The van der Waals surface area contributed by atoms with E-state index < -0.39 is 18.4 Å². The van der Waals surface area contributed by atoms with Gasteiger partial charge in [0.2, 0.25) is 0 Å². The lowest BCUT2D eigenvalue weighted by atomic mass is 10.0. The van der Waals surface area contributed by atoms with Crippen molar-refractivity contribution < 1.29 is 19.4 Å². The number of ether oxygens (including phenoxy) is 1. The minimum atomic E-state index is -1.08. The average molecular weight is 314 g/mol. The molecule has 2 aromatic rings. The zero-order valence-corrected chi connectivity index (χ0v) is 12.8. The first-order chi connectivity index (χ1) is 11.1. The molecular formula is C17H18N2O4. The summed E-state index contributed by atoms with van der Waals surface area (Å²) in [5.74, 6) is -1.50. The quantitative estimate of drug-likeness (QED) is 0.852. The molecule has 1 saturated carbocycles. The van der Waals surface area contributed by atoms with Crippen LogP contribution in [0.1, 0.15) is 35.7 Å². The van der Waals surface area contributed by atoms with Gasteiger partial charge in [-0.25, -0.2) is 0 Å². The zero-order chi connectivity index (χ0) is 16.4. The van der Waals surface area contributed by atoms with E-state index in [2.05, 4.69) is 10.3 Å². The number of hydrogen-bond acceptors (Lipinski definition) is 4. The van der Waals surface area contributed by atoms with E-state index in [4.69, 9.17) is 9.84 Å². The summed E-state index contributed by atoms with van der Waals surface area (Å²) in [6.07, 6.45) is 3.54. The summed E-state index contributed by atoms with van der Waals surface area (Å²) in [6.45, 7) is 2.22. The van der Waals surface area contributed by atoms with Crippen molar-refractivity contribution in [3.63, 3.8) is 0 Å². The second-order valence-electron chi connectivity index (χ2n) is 5.59. The van der Waals surface area contributed by atoms with Gasteiger partial charge in [0.1, 0.15) is 6.54 Å². The highest BCUT2D eigenvalue weighted by Gasteiger charge is 2.45. The number of aromatic nitrogens is 1. The Labute approximate surface area is 133 Å². The van der Waals surface area contributed by atoms with Gasteiger partial charge in [0.25, 0.3) is 5.91 Å². The first-order valence-corrected chi connectivity index (χ1v) is 7.59. The molecule has 1 aromatic heterocycles. The fourth-order valence-corrected chi connectivity index (χ4v) is 2.79. The van der Waals surface area contributed by atoms with Crippen molar-refractivity contribution in [1.29, 1.82) is 0 Å². The highest BCUT2D eigenvalue weighted by molar-refractivity contribution is 6.06. The van der Waals surface area contributed by atoms with Crippen LogP contribution in [0.2, 0.25) is 0 Å². The van der Waals surface area contributed by atoms with Gasteiger partial charge in [-0.2, -0.15) is 0 Å². The fraction of sp³-hybridized carbons (Fsp3) is 0.353. The Morgan fingerprint density at radius 3 is 2.78 bits per heavy atom. The summed E-state index contributed by atoms with van der Waals surface area (Å²) in [4.78, 5) is 27.0. The molecule has 0 saturated heterocycles. The number of carboxylic acid groups (broad SMARTS) is 1. The minimum absolute atomic E-state index is 0.202. The number of fused-ring (bicyclic) bond motifs is 1. The second kappa shape index (κ2) is 5.96. The molecule has 0 aliphatic heterocycles. The van der Waals surface area contributed by atoms with Gasteiger partial charge in [0.15, 0.2) is 0 Å². The van der Waals surface area contributed by atoms with Crippen molar-refractivity contribution in [3.8, 4) is 0 Å². The van der Waals surface area contributed by atoms with Crippen LogP contribution in [0.3, 0.4) is 0 Å². The SMILES string of the molecule is CCOC1(c2ccc3c(C(=O)NCC(=O)O)ccnc3c2)CC1. The summed E-state index contributed by atoms with van der Waals surface area (Å²) in [7, 11) is 0. The number of hydrogen-bond donors (Lipinski definition) is 2. The van der Waals surface area contributed by atoms with Crippen molar-refractivity contribution in [2.75, 3.05) is 13.2 Å². The van der Waals surface area contributed by atoms with E-state index in [1.54, 1.807) is 12.3 Å². The fourth-order valence-electron chi connectivity index (χ4n) is 2.79. The number of aliphatic carboxylic acids is 1. The highest BCUT2D eigenvalue weighted by Crippen LogP contribution is 2.49. The van der Waals surface area contributed by atoms with Crippen LogP contribution >= 0.6 is 0 Å². The Balaban J connectivity index is 1.93. The van der Waals surface area contributed by atoms with Crippen LogP contribution in [0.5, 0.6) is 0 Å².